The van der Waals surface area contributed by atoms with Crippen LogP contribution in [-0.2, 0) is 14.4 Å². The van der Waals surface area contributed by atoms with Gasteiger partial charge in [0.15, 0.2) is 0 Å². The number of fused-ring (bicyclic) bond motifs is 2. The molecule has 2 atom stereocenters. The molecule has 0 N–H and O–H groups in total. The number of halogens is 1. The van der Waals surface area contributed by atoms with Crippen molar-refractivity contribution in [2.24, 2.45) is 11.8 Å². The smallest absolute Gasteiger partial charge is 0.233 e. The van der Waals surface area contributed by atoms with E-state index in [-0.39, 0.29) is 42.5 Å². The van der Waals surface area contributed by atoms with E-state index in [1.807, 2.05) is 35.3 Å². The number of carbonyl (C=O) groups excluding carboxylic acids is 3. The molecule has 0 radical (unpaired) electrons. The summed E-state index contributed by atoms with van der Waals surface area (Å²) in [6.07, 6.45) is 7.16. The summed E-state index contributed by atoms with van der Waals surface area (Å²) < 4.78 is 1.13. The molecule has 1 aromatic heterocycles. The zero-order valence-electron chi connectivity index (χ0n) is 17.1. The molecule has 0 saturated carbocycles. The number of aromatic nitrogens is 1. The van der Waals surface area contributed by atoms with Crippen molar-refractivity contribution in [3.63, 3.8) is 0 Å². The van der Waals surface area contributed by atoms with E-state index in [1.165, 1.54) is 4.90 Å². The quantitative estimate of drug-likeness (QED) is 0.514. The second-order valence-corrected chi connectivity index (χ2v) is 10.1. The molecule has 1 aromatic carbocycles. The first-order valence-corrected chi connectivity index (χ1v) is 12.0. The zero-order valence-corrected chi connectivity index (χ0v) is 18.7. The number of hydrogen-bond acceptors (Lipinski definition) is 5. The van der Waals surface area contributed by atoms with E-state index in [9.17, 15) is 14.4 Å². The molecular weight excluding hydrogens is 434 g/mol. The van der Waals surface area contributed by atoms with Gasteiger partial charge in [-0.05, 0) is 43.9 Å². The van der Waals surface area contributed by atoms with Gasteiger partial charge in [0.2, 0.25) is 17.7 Å². The van der Waals surface area contributed by atoms with E-state index < -0.39 is 0 Å². The summed E-state index contributed by atoms with van der Waals surface area (Å²) in [6, 6.07) is 5.78. The molecule has 1 aliphatic carbocycles. The third-order valence-corrected chi connectivity index (χ3v) is 8.15. The summed E-state index contributed by atoms with van der Waals surface area (Å²) in [4.78, 5) is 45.8. The van der Waals surface area contributed by atoms with Crippen molar-refractivity contribution in [3.8, 4) is 0 Å². The van der Waals surface area contributed by atoms with Crippen LogP contribution >= 0.6 is 22.9 Å². The summed E-state index contributed by atoms with van der Waals surface area (Å²) in [7, 11) is 0. The van der Waals surface area contributed by atoms with Crippen molar-refractivity contribution in [2.75, 3.05) is 19.6 Å². The summed E-state index contributed by atoms with van der Waals surface area (Å²) in [6.45, 7) is 1.55. The van der Waals surface area contributed by atoms with Gasteiger partial charge in [0.1, 0.15) is 0 Å². The molecule has 3 amide bonds. The Kier molecular flexibility index (Phi) is 5.56. The number of thiazole rings is 1. The van der Waals surface area contributed by atoms with Gasteiger partial charge in [-0.1, -0.05) is 23.8 Å². The van der Waals surface area contributed by atoms with Crippen LogP contribution in [0.25, 0.3) is 10.2 Å². The first kappa shape index (κ1) is 20.6. The van der Waals surface area contributed by atoms with Crippen molar-refractivity contribution in [1.82, 2.24) is 14.8 Å². The lowest BCUT2D eigenvalue weighted by atomic mass is 9.85. The molecule has 2 aromatic rings. The van der Waals surface area contributed by atoms with Crippen LogP contribution in [0.1, 0.15) is 43.0 Å². The Bertz CT molecular complexity index is 1050. The molecule has 31 heavy (non-hydrogen) atoms. The monoisotopic (exact) mass is 457 g/mol. The Morgan fingerprint density at radius 3 is 2.45 bits per heavy atom. The summed E-state index contributed by atoms with van der Waals surface area (Å²) in [5.74, 6) is -0.316. The molecule has 0 spiro atoms. The normalized spacial score (nSPS) is 24.3. The van der Waals surface area contributed by atoms with Gasteiger partial charge in [-0.3, -0.25) is 19.3 Å². The Morgan fingerprint density at radius 1 is 1.10 bits per heavy atom. The minimum atomic E-state index is -0.230. The molecule has 5 rings (SSSR count). The fourth-order valence-electron chi connectivity index (χ4n) is 4.92. The van der Waals surface area contributed by atoms with Crippen molar-refractivity contribution in [1.29, 1.82) is 0 Å². The second kappa shape index (κ2) is 8.36. The third kappa shape index (κ3) is 3.89. The molecule has 0 bridgehead atoms. The lowest BCUT2D eigenvalue weighted by molar-refractivity contribution is -0.141. The minimum absolute atomic E-state index is 0.0168. The van der Waals surface area contributed by atoms with Crippen LogP contribution in [0.4, 0.5) is 0 Å². The number of carbonyl (C=O) groups is 3. The van der Waals surface area contributed by atoms with Crippen molar-refractivity contribution in [2.45, 2.75) is 38.0 Å². The van der Waals surface area contributed by atoms with E-state index in [0.717, 1.165) is 28.1 Å². The molecule has 3 heterocycles. The van der Waals surface area contributed by atoms with Crippen LogP contribution in [0.5, 0.6) is 0 Å². The highest BCUT2D eigenvalue weighted by Gasteiger charge is 2.47. The predicted molar refractivity (Wildman–Crippen MR) is 120 cm³/mol. The van der Waals surface area contributed by atoms with Crippen LogP contribution < -0.4 is 0 Å². The summed E-state index contributed by atoms with van der Waals surface area (Å²) in [5, 5.41) is 1.80. The summed E-state index contributed by atoms with van der Waals surface area (Å²) >= 11 is 7.77. The summed E-state index contributed by atoms with van der Waals surface area (Å²) in [5.41, 5.74) is 0.932. The van der Waals surface area contributed by atoms with E-state index in [1.54, 1.807) is 11.3 Å². The van der Waals surface area contributed by atoms with Crippen LogP contribution in [0, 0.1) is 11.8 Å². The number of likely N-dealkylation sites (tertiary alicyclic amines) is 2. The Balaban J connectivity index is 1.15. The minimum Gasteiger partial charge on any atom is -0.343 e. The van der Waals surface area contributed by atoms with Gasteiger partial charge in [-0.15, -0.1) is 11.3 Å². The SMILES string of the molecule is O=C(CCN1C(=O)[C@H]2CC=CC[C@H]2C1=O)N1CCC(c2nc3cc(Cl)ccc3s2)CC1. The second-order valence-electron chi connectivity index (χ2n) is 8.55. The largest absolute Gasteiger partial charge is 0.343 e. The van der Waals surface area contributed by atoms with E-state index in [0.29, 0.717) is 36.9 Å². The van der Waals surface area contributed by atoms with E-state index in [4.69, 9.17) is 16.6 Å². The highest BCUT2D eigenvalue weighted by molar-refractivity contribution is 7.18. The molecule has 0 unspecified atom stereocenters. The van der Waals surface area contributed by atoms with Crippen LogP contribution in [-0.4, -0.2) is 52.1 Å². The van der Waals surface area contributed by atoms with Crippen LogP contribution in [0.15, 0.2) is 30.4 Å². The highest BCUT2D eigenvalue weighted by atomic mass is 35.5. The van der Waals surface area contributed by atoms with Gasteiger partial charge in [0.05, 0.1) is 27.1 Å². The molecule has 2 saturated heterocycles. The van der Waals surface area contributed by atoms with Crippen LogP contribution in [0.2, 0.25) is 5.02 Å². The highest BCUT2D eigenvalue weighted by Crippen LogP contribution is 2.36. The molecular formula is C23H24ClN3O3S. The van der Waals surface area contributed by atoms with Crippen molar-refractivity contribution < 1.29 is 14.4 Å². The Labute approximate surface area is 189 Å². The zero-order chi connectivity index (χ0) is 21.5. The van der Waals surface area contributed by atoms with Crippen LogP contribution in [0.3, 0.4) is 0 Å². The van der Waals surface area contributed by atoms with Gasteiger partial charge in [-0.2, -0.15) is 0 Å². The number of amides is 3. The van der Waals surface area contributed by atoms with Crippen molar-refractivity contribution in [3.05, 3.63) is 40.4 Å². The first-order valence-electron chi connectivity index (χ1n) is 10.9. The first-order chi connectivity index (χ1) is 15.0. The maximum absolute atomic E-state index is 12.7. The lowest BCUT2D eigenvalue weighted by Gasteiger charge is -2.31. The molecule has 8 heteroatoms. The van der Waals surface area contributed by atoms with Gasteiger partial charge in [0.25, 0.3) is 0 Å². The number of hydrogen-bond donors (Lipinski definition) is 0. The van der Waals surface area contributed by atoms with E-state index in [2.05, 4.69) is 0 Å². The maximum Gasteiger partial charge on any atom is 0.233 e. The Hall–Kier alpha value is -2.25. The Morgan fingerprint density at radius 2 is 1.77 bits per heavy atom. The molecule has 6 nitrogen and oxygen atoms in total. The van der Waals surface area contributed by atoms with Gasteiger partial charge in [-0.25, -0.2) is 4.98 Å². The average Bonchev–Trinajstić information content (AvgIpc) is 3.31. The van der Waals surface area contributed by atoms with Gasteiger partial charge in [0, 0.05) is 37.0 Å². The molecule has 3 aliphatic rings. The average molecular weight is 458 g/mol. The number of rotatable bonds is 4. The third-order valence-electron chi connectivity index (χ3n) is 6.71. The number of piperidine rings is 1. The maximum atomic E-state index is 12.7. The number of allylic oxidation sites excluding steroid dienone is 2. The van der Waals surface area contributed by atoms with Gasteiger partial charge < -0.3 is 4.90 Å². The standard InChI is InChI=1S/C23H24ClN3O3S/c24-15-5-6-19-18(13-15)25-21(31-19)14-7-10-26(11-8-14)20(28)9-12-27-22(29)16-3-1-2-4-17(16)23(27)30/h1-2,5-6,13-14,16-17H,3-4,7-12H2/t16-,17+. The lowest BCUT2D eigenvalue weighted by Crippen LogP contribution is -2.40. The number of benzene rings is 1. The van der Waals surface area contributed by atoms with E-state index >= 15 is 0 Å². The molecule has 2 fully saturated rings. The topological polar surface area (TPSA) is 70.6 Å². The number of nitrogens with zero attached hydrogens (tertiary/aromatic N) is 3. The van der Waals surface area contributed by atoms with Crippen molar-refractivity contribution >= 4 is 50.9 Å². The fourth-order valence-corrected chi connectivity index (χ4v) is 6.21. The molecule has 2 aliphatic heterocycles. The molecule has 162 valence electrons. The van der Waals surface area contributed by atoms with Gasteiger partial charge >= 0.3 is 0 Å². The predicted octanol–water partition coefficient (Wildman–Crippen LogP) is 4.00. The number of imide groups is 1. The fraction of sp³-hybridized carbons (Fsp3) is 0.478.